The molecule has 1 fully saturated rings. The summed E-state index contributed by atoms with van der Waals surface area (Å²) in [6.45, 7) is 0.829. The lowest BCUT2D eigenvalue weighted by atomic mass is 10.00. The normalized spacial score (nSPS) is 17.5. The Balaban J connectivity index is 1.47. The van der Waals surface area contributed by atoms with E-state index in [1.165, 1.54) is 12.0 Å². The maximum atomic E-state index is 13.1. The maximum absolute atomic E-state index is 13.1. The van der Waals surface area contributed by atoms with Gasteiger partial charge >= 0.3 is 0 Å². The summed E-state index contributed by atoms with van der Waals surface area (Å²) in [5, 5.41) is 0. The minimum absolute atomic E-state index is 0.150. The van der Waals surface area contributed by atoms with Crippen LogP contribution in [0.15, 0.2) is 48.5 Å². The van der Waals surface area contributed by atoms with Gasteiger partial charge in [0.15, 0.2) is 0 Å². The van der Waals surface area contributed by atoms with Gasteiger partial charge in [0.25, 0.3) is 0 Å². The number of carbonyl (C=O) groups is 1. The van der Waals surface area contributed by atoms with Crippen LogP contribution >= 0.6 is 0 Å². The molecule has 1 amide bonds. The zero-order chi connectivity index (χ0) is 19.3. The average molecular weight is 377 g/mol. The third kappa shape index (κ3) is 4.03. The second-order valence-corrected chi connectivity index (χ2v) is 7.43. The fraction of sp³-hybridized carbons (Fsp3) is 0.391. The van der Waals surface area contributed by atoms with Crippen molar-refractivity contribution in [1.82, 2.24) is 14.9 Å². The van der Waals surface area contributed by atoms with E-state index in [4.69, 9.17) is 4.74 Å². The highest BCUT2D eigenvalue weighted by atomic mass is 16.5. The van der Waals surface area contributed by atoms with Crippen LogP contribution in [0.2, 0.25) is 0 Å². The number of ether oxygens (including phenoxy) is 1. The van der Waals surface area contributed by atoms with Crippen molar-refractivity contribution in [3.05, 3.63) is 59.9 Å². The molecule has 0 aliphatic carbocycles. The van der Waals surface area contributed by atoms with Crippen molar-refractivity contribution in [3.63, 3.8) is 0 Å². The summed E-state index contributed by atoms with van der Waals surface area (Å²) in [6, 6.07) is 16.3. The summed E-state index contributed by atoms with van der Waals surface area (Å²) < 4.78 is 5.28. The number of aromatic nitrogens is 2. The lowest BCUT2D eigenvalue weighted by Crippen LogP contribution is -2.35. The number of likely N-dealkylation sites (tertiary alicyclic amines) is 1. The maximum Gasteiger partial charge on any atom is 0.223 e. The number of benzene rings is 2. The quantitative estimate of drug-likeness (QED) is 0.704. The Bertz CT molecular complexity index is 899. The second-order valence-electron chi connectivity index (χ2n) is 7.43. The van der Waals surface area contributed by atoms with Crippen molar-refractivity contribution in [2.75, 3.05) is 13.7 Å². The van der Waals surface area contributed by atoms with Crippen molar-refractivity contribution < 1.29 is 9.53 Å². The first-order valence-electron chi connectivity index (χ1n) is 10.1. The molecule has 0 radical (unpaired) electrons. The van der Waals surface area contributed by atoms with Gasteiger partial charge in [-0.05, 0) is 42.7 Å². The van der Waals surface area contributed by atoms with E-state index in [0.29, 0.717) is 12.8 Å². The van der Waals surface area contributed by atoms with Crippen molar-refractivity contribution in [2.24, 2.45) is 0 Å². The summed E-state index contributed by atoms with van der Waals surface area (Å²) in [6.07, 6.45) is 5.54. The monoisotopic (exact) mass is 377 g/mol. The smallest absolute Gasteiger partial charge is 0.223 e. The number of aryl methyl sites for hydroxylation is 1. The molecule has 1 atom stereocenters. The van der Waals surface area contributed by atoms with Crippen LogP contribution in [0.4, 0.5) is 0 Å². The number of aromatic amines is 1. The molecule has 3 aromatic rings. The molecule has 1 aromatic heterocycles. The second kappa shape index (κ2) is 8.46. The number of carbonyl (C=O) groups excluding carboxylic acids is 1. The summed E-state index contributed by atoms with van der Waals surface area (Å²) in [5.41, 5.74) is 3.17. The molecule has 2 aromatic carbocycles. The molecule has 0 unspecified atom stereocenters. The first kappa shape index (κ1) is 18.5. The molecule has 0 spiro atoms. The number of nitrogens with one attached hydrogen (secondary N) is 1. The van der Waals surface area contributed by atoms with Crippen LogP contribution in [0, 0.1) is 0 Å². The molecular formula is C23H27N3O2. The predicted octanol–water partition coefficient (Wildman–Crippen LogP) is 4.65. The van der Waals surface area contributed by atoms with Crippen molar-refractivity contribution >= 4 is 16.9 Å². The number of fused-ring (bicyclic) bond motifs is 1. The van der Waals surface area contributed by atoms with Gasteiger partial charge in [-0.3, -0.25) is 4.79 Å². The molecule has 5 heteroatoms. The Hall–Kier alpha value is -2.82. The first-order valence-corrected chi connectivity index (χ1v) is 10.1. The lowest BCUT2D eigenvalue weighted by Gasteiger charge is -2.30. The van der Waals surface area contributed by atoms with E-state index < -0.39 is 0 Å². The van der Waals surface area contributed by atoms with Crippen molar-refractivity contribution in [3.8, 4) is 5.75 Å². The predicted molar refractivity (Wildman–Crippen MR) is 110 cm³/mol. The number of para-hydroxylation sites is 2. The largest absolute Gasteiger partial charge is 0.497 e. The summed E-state index contributed by atoms with van der Waals surface area (Å²) in [7, 11) is 1.68. The minimum Gasteiger partial charge on any atom is -0.497 e. The minimum atomic E-state index is 0.150. The van der Waals surface area contributed by atoms with Crippen molar-refractivity contribution in [2.45, 2.75) is 44.6 Å². The standard InChI is InChI=1S/C23H27N3O2/c1-28-18-12-10-17(11-13-18)21-9-3-2-6-16-26(21)23(27)15-14-22-24-19-7-4-5-8-20(19)25-22/h4-5,7-8,10-13,21H,2-3,6,9,14-16H2,1H3,(H,24,25)/t21-/m0/s1. The molecular weight excluding hydrogens is 350 g/mol. The summed E-state index contributed by atoms with van der Waals surface area (Å²) in [5.74, 6) is 1.94. The van der Waals surface area contributed by atoms with Crippen LogP contribution in [0.25, 0.3) is 11.0 Å². The van der Waals surface area contributed by atoms with E-state index >= 15 is 0 Å². The van der Waals surface area contributed by atoms with Gasteiger partial charge in [0.2, 0.25) is 5.91 Å². The zero-order valence-electron chi connectivity index (χ0n) is 16.4. The van der Waals surface area contributed by atoms with E-state index in [1.54, 1.807) is 7.11 Å². The molecule has 1 aliphatic rings. The number of methoxy groups -OCH3 is 1. The van der Waals surface area contributed by atoms with E-state index in [9.17, 15) is 4.79 Å². The van der Waals surface area contributed by atoms with Gasteiger partial charge in [0.05, 0.1) is 24.2 Å². The molecule has 1 aliphatic heterocycles. The van der Waals surface area contributed by atoms with Gasteiger partial charge in [-0.25, -0.2) is 4.98 Å². The van der Waals surface area contributed by atoms with Crippen LogP contribution in [0.3, 0.4) is 0 Å². The number of hydrogen-bond acceptors (Lipinski definition) is 3. The number of nitrogens with zero attached hydrogens (tertiary/aromatic N) is 2. The third-order valence-electron chi connectivity index (χ3n) is 5.59. The number of hydrogen-bond donors (Lipinski definition) is 1. The van der Waals surface area contributed by atoms with Gasteiger partial charge in [-0.2, -0.15) is 0 Å². The Labute approximate surface area is 165 Å². The van der Waals surface area contributed by atoms with Crippen LogP contribution in [0.1, 0.15) is 49.5 Å². The molecule has 4 rings (SSSR count). The molecule has 0 bridgehead atoms. The molecule has 1 N–H and O–H groups in total. The number of amides is 1. The molecule has 1 saturated heterocycles. The molecule has 0 saturated carbocycles. The number of H-pyrrole nitrogens is 1. The highest BCUT2D eigenvalue weighted by Gasteiger charge is 2.26. The van der Waals surface area contributed by atoms with Gasteiger partial charge in [0, 0.05) is 19.4 Å². The number of imidazole rings is 1. The molecule has 2 heterocycles. The fourth-order valence-electron chi connectivity index (χ4n) is 4.07. The Morgan fingerprint density at radius 1 is 1.14 bits per heavy atom. The third-order valence-corrected chi connectivity index (χ3v) is 5.59. The summed E-state index contributed by atoms with van der Waals surface area (Å²) in [4.78, 5) is 23.1. The van der Waals surface area contributed by atoms with E-state index in [1.807, 2.05) is 36.4 Å². The average Bonchev–Trinajstić information content (AvgIpc) is 2.99. The Morgan fingerprint density at radius 2 is 1.96 bits per heavy atom. The van der Waals surface area contributed by atoms with E-state index in [2.05, 4.69) is 27.0 Å². The highest BCUT2D eigenvalue weighted by molar-refractivity contribution is 5.78. The van der Waals surface area contributed by atoms with Gasteiger partial charge in [-0.15, -0.1) is 0 Å². The van der Waals surface area contributed by atoms with Crippen molar-refractivity contribution in [1.29, 1.82) is 0 Å². The Morgan fingerprint density at radius 3 is 2.75 bits per heavy atom. The fourth-order valence-corrected chi connectivity index (χ4v) is 4.07. The van der Waals surface area contributed by atoms with Gasteiger partial charge in [0.1, 0.15) is 11.6 Å². The van der Waals surface area contributed by atoms with E-state index in [0.717, 1.165) is 48.4 Å². The van der Waals surface area contributed by atoms with Crippen LogP contribution < -0.4 is 4.74 Å². The van der Waals surface area contributed by atoms with Gasteiger partial charge in [-0.1, -0.05) is 37.1 Å². The van der Waals surface area contributed by atoms with Crippen LogP contribution in [0.5, 0.6) is 5.75 Å². The molecule has 146 valence electrons. The molecule has 5 nitrogen and oxygen atoms in total. The number of rotatable bonds is 5. The zero-order valence-corrected chi connectivity index (χ0v) is 16.4. The first-order chi connectivity index (χ1) is 13.7. The topological polar surface area (TPSA) is 58.2 Å². The Kier molecular flexibility index (Phi) is 5.60. The lowest BCUT2D eigenvalue weighted by molar-refractivity contribution is -0.133. The highest BCUT2D eigenvalue weighted by Crippen LogP contribution is 2.31. The van der Waals surface area contributed by atoms with Crippen LogP contribution in [-0.2, 0) is 11.2 Å². The van der Waals surface area contributed by atoms with Gasteiger partial charge < -0.3 is 14.6 Å². The molecule has 28 heavy (non-hydrogen) atoms. The SMILES string of the molecule is COc1ccc([C@@H]2CCCCCN2C(=O)CCc2nc3ccccc3[nH]2)cc1. The van der Waals surface area contributed by atoms with E-state index in [-0.39, 0.29) is 11.9 Å². The van der Waals surface area contributed by atoms with Crippen LogP contribution in [-0.4, -0.2) is 34.4 Å². The summed E-state index contributed by atoms with van der Waals surface area (Å²) >= 11 is 0.